The third-order valence-corrected chi connectivity index (χ3v) is 1.11. The van der Waals surface area contributed by atoms with Crippen LogP contribution < -0.4 is 0 Å². The van der Waals surface area contributed by atoms with E-state index in [2.05, 4.69) is 13.1 Å². The Balaban J connectivity index is 2.56. The van der Waals surface area contributed by atoms with Crippen molar-refractivity contribution in [2.24, 2.45) is 0 Å². The number of hydrogen-bond acceptors (Lipinski definition) is 1. The largest absolute Gasteiger partial charge is 0.548 e. The minimum atomic E-state index is 0.418. The molecule has 0 aromatic rings. The molecule has 1 nitrogen and oxygen atoms in total. The number of hydrogen-bond donors (Lipinski definition) is 0. The van der Waals surface area contributed by atoms with Gasteiger partial charge in [-0.25, -0.2) is 0 Å². The minimum Gasteiger partial charge on any atom is -0.548 e. The zero-order chi connectivity index (χ0) is 5.54. The first-order valence-electron chi connectivity index (χ1n) is 2.55. The summed E-state index contributed by atoms with van der Waals surface area (Å²) in [6.45, 7) is 3.04. The average Bonchev–Trinajstić information content (AvgIpc) is 1.69. The monoisotopic (exact) mass is 115 g/mol. The van der Waals surface area contributed by atoms with E-state index in [0.717, 1.165) is 6.61 Å². The summed E-state index contributed by atoms with van der Waals surface area (Å²) in [5, 5.41) is 0. The van der Waals surface area contributed by atoms with Crippen molar-refractivity contribution in [1.29, 1.82) is 0 Å². The standard InChI is InChI=1S/C5H11OSi/c1-3-4-5-6-7-2/h2-5H2,1H3. The summed E-state index contributed by atoms with van der Waals surface area (Å²) < 4.78 is 4.99. The predicted molar refractivity (Wildman–Crippen MR) is 33.7 cm³/mol. The van der Waals surface area contributed by atoms with Gasteiger partial charge in [0.1, 0.15) is 0 Å². The van der Waals surface area contributed by atoms with Crippen LogP contribution in [0, 0.1) is 0 Å². The van der Waals surface area contributed by atoms with E-state index in [0.29, 0.717) is 9.38 Å². The van der Waals surface area contributed by atoms with Crippen molar-refractivity contribution >= 4 is 15.6 Å². The van der Waals surface area contributed by atoms with Crippen LogP contribution in [0.2, 0.25) is 0 Å². The van der Waals surface area contributed by atoms with Gasteiger partial charge in [0.05, 0.1) is 6.61 Å². The molecule has 0 aliphatic heterocycles. The molecular weight excluding hydrogens is 104 g/mol. The van der Waals surface area contributed by atoms with E-state index >= 15 is 0 Å². The van der Waals surface area contributed by atoms with Crippen LogP contribution in [0.5, 0.6) is 0 Å². The molecule has 2 heteroatoms. The lowest BCUT2D eigenvalue weighted by molar-refractivity contribution is 0.337. The maximum absolute atomic E-state index is 4.99. The first-order chi connectivity index (χ1) is 3.41. The van der Waals surface area contributed by atoms with E-state index in [4.69, 9.17) is 4.43 Å². The summed E-state index contributed by atoms with van der Waals surface area (Å²) in [6.07, 6.45) is 5.94. The third-order valence-electron chi connectivity index (χ3n) is 0.702. The third kappa shape index (κ3) is 5.89. The summed E-state index contributed by atoms with van der Waals surface area (Å²) in [6, 6.07) is 0. The van der Waals surface area contributed by atoms with Gasteiger partial charge in [-0.1, -0.05) is 19.5 Å². The van der Waals surface area contributed by atoms with Gasteiger partial charge in [-0.15, -0.1) is 0 Å². The molecule has 0 aromatic carbocycles. The molecule has 0 spiro atoms. The van der Waals surface area contributed by atoms with E-state index in [1.807, 2.05) is 0 Å². The quantitative estimate of drug-likeness (QED) is 0.390. The summed E-state index contributed by atoms with van der Waals surface area (Å²) in [5.74, 6) is 0. The van der Waals surface area contributed by atoms with E-state index in [1.165, 1.54) is 12.8 Å². The molecule has 7 heavy (non-hydrogen) atoms. The molecule has 0 saturated heterocycles. The van der Waals surface area contributed by atoms with Gasteiger partial charge in [0.15, 0.2) is 0 Å². The zero-order valence-corrected chi connectivity index (χ0v) is 5.74. The van der Waals surface area contributed by atoms with E-state index in [-0.39, 0.29) is 0 Å². The number of unbranched alkanes of at least 4 members (excludes halogenated alkanes) is 1. The molecule has 0 N–H and O–H groups in total. The number of rotatable bonds is 4. The Morgan fingerprint density at radius 1 is 1.71 bits per heavy atom. The highest BCUT2D eigenvalue weighted by Crippen LogP contribution is 1.83. The Morgan fingerprint density at radius 2 is 2.43 bits per heavy atom. The van der Waals surface area contributed by atoms with Gasteiger partial charge >= 0.3 is 0 Å². The minimum absolute atomic E-state index is 0.418. The van der Waals surface area contributed by atoms with Gasteiger partial charge in [-0.2, -0.15) is 0 Å². The van der Waals surface area contributed by atoms with Crippen molar-refractivity contribution in [3.63, 3.8) is 0 Å². The van der Waals surface area contributed by atoms with Crippen molar-refractivity contribution in [2.75, 3.05) is 6.61 Å². The van der Waals surface area contributed by atoms with Crippen LogP contribution in [0.3, 0.4) is 0 Å². The fraction of sp³-hybridized carbons (Fsp3) is 0.800. The molecular formula is C5H11OSi. The lowest BCUT2D eigenvalue weighted by atomic mass is 10.4. The predicted octanol–water partition coefficient (Wildman–Crippen LogP) is 0.854. The summed E-state index contributed by atoms with van der Waals surface area (Å²) >= 11 is 0. The topological polar surface area (TPSA) is 9.23 Å². The average molecular weight is 115 g/mol. The Kier molecular flexibility index (Phi) is 5.79. The summed E-state index contributed by atoms with van der Waals surface area (Å²) in [5.41, 5.74) is 0. The van der Waals surface area contributed by atoms with Crippen LogP contribution in [0.4, 0.5) is 0 Å². The second-order valence-electron chi connectivity index (χ2n) is 1.35. The SMILES string of the molecule is C=[Si]OCCCC. The summed E-state index contributed by atoms with van der Waals surface area (Å²) in [7, 11) is 0.418. The molecule has 0 heterocycles. The lowest BCUT2D eigenvalue weighted by Crippen LogP contribution is -1.90. The smallest absolute Gasteiger partial charge is 0.273 e. The van der Waals surface area contributed by atoms with Crippen molar-refractivity contribution in [2.45, 2.75) is 19.8 Å². The van der Waals surface area contributed by atoms with Gasteiger partial charge in [0.25, 0.3) is 9.38 Å². The van der Waals surface area contributed by atoms with E-state index in [1.54, 1.807) is 0 Å². The maximum atomic E-state index is 4.99. The van der Waals surface area contributed by atoms with Gasteiger partial charge in [-0.3, -0.25) is 0 Å². The Bertz CT molecular complexity index is 45.3. The fourth-order valence-electron chi connectivity index (χ4n) is 0.289. The molecule has 0 unspecified atom stereocenters. The highest BCUT2D eigenvalue weighted by molar-refractivity contribution is 6.33. The maximum Gasteiger partial charge on any atom is 0.273 e. The van der Waals surface area contributed by atoms with Gasteiger partial charge in [0, 0.05) is 0 Å². The van der Waals surface area contributed by atoms with Crippen molar-refractivity contribution in [3.05, 3.63) is 0 Å². The lowest BCUT2D eigenvalue weighted by Gasteiger charge is -1.93. The fourth-order valence-corrected chi connectivity index (χ4v) is 0.577. The molecule has 0 fully saturated rings. The Hall–Kier alpha value is -0.113. The first kappa shape index (κ1) is 6.89. The molecule has 0 rings (SSSR count). The molecule has 1 radical (unpaired) electrons. The summed E-state index contributed by atoms with van der Waals surface area (Å²) in [4.78, 5) is 0. The Labute approximate surface area is 47.3 Å². The zero-order valence-electron chi connectivity index (χ0n) is 4.74. The Morgan fingerprint density at radius 3 is 2.86 bits per heavy atom. The second kappa shape index (κ2) is 5.89. The van der Waals surface area contributed by atoms with Crippen LogP contribution in [0.15, 0.2) is 0 Å². The van der Waals surface area contributed by atoms with Gasteiger partial charge in [-0.05, 0) is 6.42 Å². The van der Waals surface area contributed by atoms with Crippen LogP contribution in [-0.4, -0.2) is 22.2 Å². The molecule has 0 aromatic heterocycles. The normalized spacial score (nSPS) is 8.14. The van der Waals surface area contributed by atoms with E-state index in [9.17, 15) is 0 Å². The second-order valence-corrected chi connectivity index (χ2v) is 1.92. The van der Waals surface area contributed by atoms with Gasteiger partial charge in [0.2, 0.25) is 0 Å². The first-order valence-corrected chi connectivity index (χ1v) is 3.67. The van der Waals surface area contributed by atoms with Crippen LogP contribution in [-0.2, 0) is 4.43 Å². The molecule has 0 aliphatic carbocycles. The molecule has 0 atom stereocenters. The molecule has 41 valence electrons. The molecule has 0 aliphatic rings. The van der Waals surface area contributed by atoms with E-state index < -0.39 is 0 Å². The van der Waals surface area contributed by atoms with Crippen LogP contribution in [0.25, 0.3) is 0 Å². The molecule has 0 bridgehead atoms. The molecule has 0 amide bonds. The highest BCUT2D eigenvalue weighted by atomic mass is 28.2. The molecule has 0 saturated carbocycles. The van der Waals surface area contributed by atoms with Gasteiger partial charge < -0.3 is 4.43 Å². The van der Waals surface area contributed by atoms with Crippen molar-refractivity contribution in [1.82, 2.24) is 0 Å². The van der Waals surface area contributed by atoms with Crippen LogP contribution in [0.1, 0.15) is 19.8 Å². The highest BCUT2D eigenvalue weighted by Gasteiger charge is 1.76. The van der Waals surface area contributed by atoms with Crippen molar-refractivity contribution in [3.8, 4) is 0 Å². The van der Waals surface area contributed by atoms with Crippen LogP contribution >= 0.6 is 0 Å². The van der Waals surface area contributed by atoms with Crippen molar-refractivity contribution < 1.29 is 4.43 Å².